The summed E-state index contributed by atoms with van der Waals surface area (Å²) < 4.78 is 25.7. The van der Waals surface area contributed by atoms with Gasteiger partial charge in [-0.15, -0.1) is 0 Å². The molecule has 3 aliphatic rings. The summed E-state index contributed by atoms with van der Waals surface area (Å²) in [6, 6.07) is 6.06. The summed E-state index contributed by atoms with van der Waals surface area (Å²) in [6.07, 6.45) is 4.52. The van der Waals surface area contributed by atoms with Crippen LogP contribution in [0.4, 0.5) is 0 Å². The summed E-state index contributed by atoms with van der Waals surface area (Å²) >= 11 is 0. The van der Waals surface area contributed by atoms with Gasteiger partial charge in [-0.25, -0.2) is 0 Å². The van der Waals surface area contributed by atoms with Crippen molar-refractivity contribution in [2.75, 3.05) is 19.8 Å². The Labute approximate surface area is 238 Å². The Balaban J connectivity index is 0.000000213. The second kappa shape index (κ2) is 13.8. The first kappa shape index (κ1) is 33.6. The molecule has 9 heteroatoms. The molecule has 1 aromatic carbocycles. The van der Waals surface area contributed by atoms with Crippen LogP contribution in [0.3, 0.4) is 0 Å². The molecule has 1 saturated carbocycles. The fourth-order valence-corrected chi connectivity index (χ4v) is 3.37. The van der Waals surface area contributed by atoms with E-state index in [2.05, 4.69) is 0 Å². The predicted octanol–water partition coefficient (Wildman–Crippen LogP) is 5.46. The van der Waals surface area contributed by atoms with Crippen LogP contribution >= 0.6 is 0 Å². The van der Waals surface area contributed by atoms with Gasteiger partial charge in [0.05, 0.1) is 41.7 Å². The molecule has 4 atom stereocenters. The van der Waals surface area contributed by atoms with Gasteiger partial charge in [-0.1, -0.05) is 0 Å². The van der Waals surface area contributed by atoms with E-state index in [9.17, 15) is 14.4 Å². The molecular formula is C31H48O9. The number of aromatic hydroxyl groups is 1. The number of fused-ring (bicyclic) bond motifs is 1. The third kappa shape index (κ3) is 12.7. The van der Waals surface area contributed by atoms with E-state index in [1.807, 2.05) is 41.5 Å². The molecule has 4 rings (SSSR count). The maximum Gasteiger partial charge on any atom is 0.316 e. The lowest BCUT2D eigenvalue weighted by Gasteiger charge is -2.22. The Hall–Kier alpha value is -2.65. The van der Waals surface area contributed by atoms with Crippen LogP contribution < -0.4 is 4.74 Å². The molecule has 0 bridgehead atoms. The molecule has 0 aromatic heterocycles. The van der Waals surface area contributed by atoms with Crippen molar-refractivity contribution in [3.05, 3.63) is 24.3 Å². The van der Waals surface area contributed by atoms with Gasteiger partial charge in [0.25, 0.3) is 0 Å². The van der Waals surface area contributed by atoms with E-state index < -0.39 is 10.8 Å². The van der Waals surface area contributed by atoms with Gasteiger partial charge in [0.1, 0.15) is 24.2 Å². The molecule has 2 saturated heterocycles. The zero-order valence-corrected chi connectivity index (χ0v) is 25.6. The van der Waals surface area contributed by atoms with Gasteiger partial charge in [0.2, 0.25) is 0 Å². The molecule has 9 nitrogen and oxygen atoms in total. The maximum atomic E-state index is 11.5. The van der Waals surface area contributed by atoms with Gasteiger partial charge in [0.15, 0.2) is 0 Å². The van der Waals surface area contributed by atoms with Gasteiger partial charge in [-0.2, -0.15) is 0 Å². The number of carbonyl (C=O) groups is 3. The molecule has 2 aliphatic heterocycles. The van der Waals surface area contributed by atoms with E-state index in [4.69, 9.17) is 28.8 Å². The van der Waals surface area contributed by atoms with Crippen LogP contribution in [0.25, 0.3) is 0 Å². The Morgan fingerprint density at radius 1 is 0.775 bits per heavy atom. The Morgan fingerprint density at radius 3 is 1.73 bits per heavy atom. The SMILES string of the molecule is CC(C)(C)C(=O)OCC1CCC2OC2C1.CC(C)(C)C(=O)OCC1CO1.CC(C)(C)C(=O)Oc1ccc(O)cc1. The van der Waals surface area contributed by atoms with Crippen molar-refractivity contribution in [1.82, 2.24) is 0 Å². The second-order valence-corrected chi connectivity index (χ2v) is 13.7. The molecule has 226 valence electrons. The standard InChI is InChI=1S/C12H20O3.C11H14O3.C8H14O3/c1-12(2,3)11(13)14-7-8-4-5-9-10(6-8)15-9;1-11(2,3)10(13)14-9-6-4-8(12)5-7-9;1-8(2,3)7(9)11-5-6-4-10-6/h8-10H,4-7H2,1-3H3;4-7,12H,1-3H3;6H,4-5H2,1-3H3. The number of phenols is 1. The topological polar surface area (TPSA) is 124 Å². The smallest absolute Gasteiger partial charge is 0.316 e. The lowest BCUT2D eigenvalue weighted by molar-refractivity contribution is -0.155. The van der Waals surface area contributed by atoms with Crippen molar-refractivity contribution >= 4 is 17.9 Å². The molecule has 40 heavy (non-hydrogen) atoms. The lowest BCUT2D eigenvalue weighted by Crippen LogP contribution is -2.27. The van der Waals surface area contributed by atoms with Gasteiger partial charge in [-0.05, 0) is 112 Å². The summed E-state index contributed by atoms with van der Waals surface area (Å²) in [7, 11) is 0. The molecule has 4 unspecified atom stereocenters. The number of hydrogen-bond donors (Lipinski definition) is 1. The van der Waals surface area contributed by atoms with E-state index in [0.717, 1.165) is 25.9 Å². The quantitative estimate of drug-likeness (QED) is 0.282. The molecule has 0 radical (unpaired) electrons. The first-order valence-electron chi connectivity index (χ1n) is 14.0. The molecule has 1 aromatic rings. The Morgan fingerprint density at radius 2 is 1.27 bits per heavy atom. The van der Waals surface area contributed by atoms with Gasteiger partial charge < -0.3 is 28.8 Å². The average Bonchev–Trinajstić information content (AvgIpc) is 3.76. The molecule has 3 fully saturated rings. The first-order valence-corrected chi connectivity index (χ1v) is 14.0. The van der Waals surface area contributed by atoms with Gasteiger partial charge in [-0.3, -0.25) is 14.4 Å². The van der Waals surface area contributed by atoms with Gasteiger partial charge in [0, 0.05) is 0 Å². The van der Waals surface area contributed by atoms with Crippen LogP contribution in [0.15, 0.2) is 24.3 Å². The highest BCUT2D eigenvalue weighted by atomic mass is 16.6. The summed E-state index contributed by atoms with van der Waals surface area (Å²) in [5.74, 6) is 0.570. The molecular weight excluding hydrogens is 516 g/mol. The number of esters is 3. The van der Waals surface area contributed by atoms with Crippen LogP contribution in [0.5, 0.6) is 11.5 Å². The zero-order chi connectivity index (χ0) is 30.3. The zero-order valence-electron chi connectivity index (χ0n) is 25.6. The van der Waals surface area contributed by atoms with Crippen molar-refractivity contribution in [3.8, 4) is 11.5 Å². The number of phenolic OH excluding ortho intramolecular Hbond substituents is 1. The minimum atomic E-state index is -0.516. The van der Waals surface area contributed by atoms with E-state index in [-0.39, 0.29) is 35.2 Å². The van der Waals surface area contributed by atoms with E-state index in [1.165, 1.54) is 12.1 Å². The van der Waals surface area contributed by atoms with Crippen LogP contribution in [0.1, 0.15) is 81.6 Å². The van der Waals surface area contributed by atoms with Crippen LogP contribution in [-0.4, -0.2) is 61.1 Å². The van der Waals surface area contributed by atoms with E-state index >= 15 is 0 Å². The minimum absolute atomic E-state index is 0.0960. The maximum absolute atomic E-state index is 11.5. The summed E-state index contributed by atoms with van der Waals surface area (Å²) in [5, 5.41) is 9.01. The lowest BCUT2D eigenvalue weighted by atomic mass is 9.90. The summed E-state index contributed by atoms with van der Waals surface area (Å²) in [5.41, 5.74) is -1.29. The first-order chi connectivity index (χ1) is 18.4. The predicted molar refractivity (Wildman–Crippen MR) is 150 cm³/mol. The Kier molecular flexibility index (Phi) is 11.6. The van der Waals surface area contributed by atoms with Crippen molar-refractivity contribution in [3.63, 3.8) is 0 Å². The summed E-state index contributed by atoms with van der Waals surface area (Å²) in [4.78, 5) is 34.1. The molecule has 1 aliphatic carbocycles. The average molecular weight is 565 g/mol. The van der Waals surface area contributed by atoms with Crippen LogP contribution in [0, 0.1) is 22.2 Å². The monoisotopic (exact) mass is 564 g/mol. The fourth-order valence-electron chi connectivity index (χ4n) is 3.37. The number of hydrogen-bond acceptors (Lipinski definition) is 9. The highest BCUT2D eigenvalue weighted by Crippen LogP contribution is 2.39. The number of carbonyl (C=O) groups excluding carboxylic acids is 3. The normalized spacial score (nSPS) is 23.1. The number of epoxide rings is 2. The van der Waals surface area contributed by atoms with E-state index in [0.29, 0.717) is 37.1 Å². The van der Waals surface area contributed by atoms with Crippen LogP contribution in [0.2, 0.25) is 0 Å². The minimum Gasteiger partial charge on any atom is -0.508 e. The van der Waals surface area contributed by atoms with Crippen molar-refractivity contribution in [1.29, 1.82) is 0 Å². The van der Waals surface area contributed by atoms with Gasteiger partial charge >= 0.3 is 17.9 Å². The molecule has 2 heterocycles. The summed E-state index contributed by atoms with van der Waals surface area (Å²) in [6.45, 7) is 18.2. The number of ether oxygens (including phenoxy) is 5. The highest BCUT2D eigenvalue weighted by molar-refractivity contribution is 5.78. The number of rotatable bonds is 5. The van der Waals surface area contributed by atoms with E-state index in [1.54, 1.807) is 32.9 Å². The third-order valence-corrected chi connectivity index (χ3v) is 6.25. The Bertz CT molecular complexity index is 976. The van der Waals surface area contributed by atoms with Crippen molar-refractivity contribution in [2.24, 2.45) is 22.2 Å². The second-order valence-electron chi connectivity index (χ2n) is 13.7. The third-order valence-electron chi connectivity index (χ3n) is 6.25. The largest absolute Gasteiger partial charge is 0.508 e. The highest BCUT2D eigenvalue weighted by Gasteiger charge is 2.44. The molecule has 0 amide bonds. The van der Waals surface area contributed by atoms with Crippen molar-refractivity contribution < 1.29 is 43.2 Å². The number of benzene rings is 1. The van der Waals surface area contributed by atoms with Crippen LogP contribution in [-0.2, 0) is 33.3 Å². The molecule has 0 spiro atoms. The molecule has 1 N–H and O–H groups in total. The fraction of sp³-hybridized carbons (Fsp3) is 0.710. The van der Waals surface area contributed by atoms with Crippen molar-refractivity contribution in [2.45, 2.75) is 99.9 Å².